The van der Waals surface area contributed by atoms with Crippen molar-refractivity contribution in [2.24, 2.45) is 0 Å². The molecule has 0 aliphatic carbocycles. The lowest BCUT2D eigenvalue weighted by Gasteiger charge is -2.09. The van der Waals surface area contributed by atoms with Crippen LogP contribution in [0.4, 0.5) is 0 Å². The predicted octanol–water partition coefficient (Wildman–Crippen LogP) is 4.67. The Balaban J connectivity index is 2.95. The van der Waals surface area contributed by atoms with Gasteiger partial charge in [-0.1, -0.05) is 56.2 Å². The van der Waals surface area contributed by atoms with E-state index in [-0.39, 0.29) is 0 Å². The quantitative estimate of drug-likeness (QED) is 0.644. The Hall–Kier alpha value is -1.04. The molecule has 0 aliphatic heterocycles. The minimum absolute atomic E-state index is 1.18. The maximum atomic E-state index is 2.25. The standard InChI is InChI=1S/C14H20/c1-4-9-13(5-2)12(3)14-10-7-6-8-11-14/h6-8,10-11H,4-5,9H2,1-3H3. The first-order chi connectivity index (χ1) is 6.79. The van der Waals surface area contributed by atoms with Gasteiger partial charge in [0.2, 0.25) is 0 Å². The highest BCUT2D eigenvalue weighted by Gasteiger charge is 2.01. The summed E-state index contributed by atoms with van der Waals surface area (Å²) in [4.78, 5) is 0. The Labute approximate surface area is 87.7 Å². The normalized spacial score (nSPS) is 12.5. The third-order valence-corrected chi connectivity index (χ3v) is 2.72. The van der Waals surface area contributed by atoms with E-state index in [0.717, 1.165) is 0 Å². The van der Waals surface area contributed by atoms with Gasteiger partial charge in [0.25, 0.3) is 0 Å². The topological polar surface area (TPSA) is 0 Å². The van der Waals surface area contributed by atoms with E-state index in [9.17, 15) is 0 Å². The Bertz CT molecular complexity index is 293. The molecule has 0 spiro atoms. The summed E-state index contributed by atoms with van der Waals surface area (Å²) in [5.74, 6) is 0. The van der Waals surface area contributed by atoms with Gasteiger partial charge in [0.1, 0.15) is 0 Å². The highest BCUT2D eigenvalue weighted by molar-refractivity contribution is 5.66. The number of rotatable bonds is 4. The second-order valence-electron chi connectivity index (χ2n) is 3.70. The average Bonchev–Trinajstić information content (AvgIpc) is 2.26. The summed E-state index contributed by atoms with van der Waals surface area (Å²) in [5, 5.41) is 0. The number of benzene rings is 1. The first kappa shape index (κ1) is 11.0. The van der Waals surface area contributed by atoms with Gasteiger partial charge in [-0.2, -0.15) is 0 Å². The second-order valence-corrected chi connectivity index (χ2v) is 3.70. The van der Waals surface area contributed by atoms with E-state index in [1.165, 1.54) is 30.4 Å². The fraction of sp³-hybridized carbons (Fsp3) is 0.429. The zero-order chi connectivity index (χ0) is 10.4. The van der Waals surface area contributed by atoms with Crippen LogP contribution in [0.5, 0.6) is 0 Å². The second kappa shape index (κ2) is 5.64. The van der Waals surface area contributed by atoms with Crippen molar-refractivity contribution in [2.45, 2.75) is 40.0 Å². The van der Waals surface area contributed by atoms with Crippen LogP contribution in [0.2, 0.25) is 0 Å². The van der Waals surface area contributed by atoms with Crippen molar-refractivity contribution < 1.29 is 0 Å². The number of allylic oxidation sites excluding steroid dienone is 2. The summed E-state index contributed by atoms with van der Waals surface area (Å²) in [6.07, 6.45) is 3.65. The maximum Gasteiger partial charge on any atom is -0.0228 e. The molecule has 0 aliphatic rings. The van der Waals surface area contributed by atoms with Gasteiger partial charge in [0.15, 0.2) is 0 Å². The molecule has 0 heterocycles. The molecule has 1 rings (SSSR count). The van der Waals surface area contributed by atoms with E-state index in [1.54, 1.807) is 5.57 Å². The SMILES string of the molecule is CCCC(CC)=C(C)c1ccccc1. The van der Waals surface area contributed by atoms with Gasteiger partial charge in [0, 0.05) is 0 Å². The largest absolute Gasteiger partial charge is 0.0670 e. The van der Waals surface area contributed by atoms with Crippen LogP contribution in [0.15, 0.2) is 35.9 Å². The molecular weight excluding hydrogens is 168 g/mol. The van der Waals surface area contributed by atoms with Gasteiger partial charge in [0.05, 0.1) is 0 Å². The van der Waals surface area contributed by atoms with Crippen LogP contribution < -0.4 is 0 Å². The molecule has 0 N–H and O–H groups in total. The lowest BCUT2D eigenvalue weighted by molar-refractivity contribution is 0.860. The highest BCUT2D eigenvalue weighted by Crippen LogP contribution is 2.23. The molecule has 0 atom stereocenters. The van der Waals surface area contributed by atoms with Crippen LogP contribution in [-0.2, 0) is 0 Å². The van der Waals surface area contributed by atoms with E-state index in [0.29, 0.717) is 0 Å². The summed E-state index contributed by atoms with van der Waals surface area (Å²) < 4.78 is 0. The molecule has 0 amide bonds. The van der Waals surface area contributed by atoms with Crippen molar-refractivity contribution in [3.8, 4) is 0 Å². The summed E-state index contributed by atoms with van der Waals surface area (Å²) in [6, 6.07) is 10.7. The molecule has 14 heavy (non-hydrogen) atoms. The maximum absolute atomic E-state index is 2.25. The molecule has 1 aromatic carbocycles. The van der Waals surface area contributed by atoms with Gasteiger partial charge in [-0.05, 0) is 30.9 Å². The van der Waals surface area contributed by atoms with Gasteiger partial charge < -0.3 is 0 Å². The van der Waals surface area contributed by atoms with Gasteiger partial charge in [-0.25, -0.2) is 0 Å². The van der Waals surface area contributed by atoms with E-state index in [1.807, 2.05) is 0 Å². The number of hydrogen-bond acceptors (Lipinski definition) is 0. The molecule has 0 bridgehead atoms. The Kier molecular flexibility index (Phi) is 4.45. The van der Waals surface area contributed by atoms with Crippen LogP contribution in [-0.4, -0.2) is 0 Å². The van der Waals surface area contributed by atoms with Crippen LogP contribution >= 0.6 is 0 Å². The predicted molar refractivity (Wildman–Crippen MR) is 64.2 cm³/mol. The molecule has 0 heteroatoms. The van der Waals surface area contributed by atoms with Crippen molar-refractivity contribution in [1.29, 1.82) is 0 Å². The molecule has 0 nitrogen and oxygen atoms in total. The van der Waals surface area contributed by atoms with Crippen molar-refractivity contribution in [3.63, 3.8) is 0 Å². The molecule has 0 radical (unpaired) electrons. The molecule has 0 saturated carbocycles. The lowest BCUT2D eigenvalue weighted by Crippen LogP contribution is -1.87. The van der Waals surface area contributed by atoms with E-state index in [2.05, 4.69) is 51.1 Å². The molecular formula is C14H20. The van der Waals surface area contributed by atoms with Crippen LogP contribution in [0, 0.1) is 0 Å². The monoisotopic (exact) mass is 188 g/mol. The molecule has 76 valence electrons. The minimum atomic E-state index is 1.18. The van der Waals surface area contributed by atoms with Gasteiger partial charge in [-0.15, -0.1) is 0 Å². The number of hydrogen-bond donors (Lipinski definition) is 0. The van der Waals surface area contributed by atoms with E-state index >= 15 is 0 Å². The fourth-order valence-corrected chi connectivity index (χ4v) is 1.82. The van der Waals surface area contributed by atoms with E-state index in [4.69, 9.17) is 0 Å². The lowest BCUT2D eigenvalue weighted by atomic mass is 9.97. The summed E-state index contributed by atoms with van der Waals surface area (Å²) in [6.45, 7) is 6.73. The third kappa shape index (κ3) is 2.73. The molecule has 0 saturated heterocycles. The Morgan fingerprint density at radius 3 is 2.21 bits per heavy atom. The molecule has 1 aromatic rings. The zero-order valence-corrected chi connectivity index (χ0v) is 9.51. The molecule has 0 unspecified atom stereocenters. The third-order valence-electron chi connectivity index (χ3n) is 2.72. The van der Waals surface area contributed by atoms with Gasteiger partial charge >= 0.3 is 0 Å². The average molecular weight is 188 g/mol. The van der Waals surface area contributed by atoms with Crippen LogP contribution in [0.3, 0.4) is 0 Å². The summed E-state index contributed by atoms with van der Waals surface area (Å²) in [7, 11) is 0. The zero-order valence-electron chi connectivity index (χ0n) is 9.51. The first-order valence-corrected chi connectivity index (χ1v) is 5.53. The summed E-state index contributed by atoms with van der Waals surface area (Å²) in [5.41, 5.74) is 4.44. The van der Waals surface area contributed by atoms with E-state index < -0.39 is 0 Å². The van der Waals surface area contributed by atoms with Crippen molar-refractivity contribution in [1.82, 2.24) is 0 Å². The van der Waals surface area contributed by atoms with Crippen molar-refractivity contribution in [2.75, 3.05) is 0 Å². The van der Waals surface area contributed by atoms with Crippen LogP contribution in [0.1, 0.15) is 45.6 Å². The van der Waals surface area contributed by atoms with Gasteiger partial charge in [-0.3, -0.25) is 0 Å². The summed E-state index contributed by atoms with van der Waals surface area (Å²) >= 11 is 0. The smallest absolute Gasteiger partial charge is 0.0228 e. The first-order valence-electron chi connectivity index (χ1n) is 5.53. The Morgan fingerprint density at radius 2 is 1.71 bits per heavy atom. The highest BCUT2D eigenvalue weighted by atomic mass is 14.1. The van der Waals surface area contributed by atoms with Crippen molar-refractivity contribution in [3.05, 3.63) is 41.5 Å². The minimum Gasteiger partial charge on any atom is -0.0670 e. The fourth-order valence-electron chi connectivity index (χ4n) is 1.82. The molecule has 0 aromatic heterocycles. The van der Waals surface area contributed by atoms with Crippen molar-refractivity contribution >= 4 is 5.57 Å². The van der Waals surface area contributed by atoms with Crippen LogP contribution in [0.25, 0.3) is 5.57 Å². The molecule has 0 fully saturated rings. The Morgan fingerprint density at radius 1 is 1.07 bits per heavy atom.